The van der Waals surface area contributed by atoms with Crippen LogP contribution in [0.1, 0.15) is 110 Å². The first kappa shape index (κ1) is 37.9. The average molecular weight is 733 g/mol. The molecule has 0 amide bonds. The highest BCUT2D eigenvalue weighted by Gasteiger charge is 2.44. The lowest BCUT2D eigenvalue weighted by Gasteiger charge is -2.45. The highest BCUT2D eigenvalue weighted by Crippen LogP contribution is 2.46. The van der Waals surface area contributed by atoms with Gasteiger partial charge in [0.1, 0.15) is 7.85 Å². The van der Waals surface area contributed by atoms with E-state index in [4.69, 9.17) is 0 Å². The number of aryl methyl sites for hydroxylation is 1. The van der Waals surface area contributed by atoms with E-state index in [-0.39, 0.29) is 28.4 Å². The van der Waals surface area contributed by atoms with E-state index in [0.29, 0.717) is 0 Å². The maximum absolute atomic E-state index is 2.60. The van der Waals surface area contributed by atoms with Crippen molar-refractivity contribution in [3.8, 4) is 0 Å². The molecule has 0 bridgehead atoms. The molecule has 2 aliphatic rings. The predicted molar refractivity (Wildman–Crippen MR) is 248 cm³/mol. The molecule has 2 aliphatic heterocycles. The third-order valence-electron chi connectivity index (χ3n) is 12.6. The van der Waals surface area contributed by atoms with E-state index in [2.05, 4.69) is 222 Å². The summed E-state index contributed by atoms with van der Waals surface area (Å²) >= 11 is 0. The van der Waals surface area contributed by atoms with Crippen LogP contribution in [0, 0.1) is 6.92 Å². The fourth-order valence-corrected chi connectivity index (χ4v) is 9.03. The zero-order valence-corrected chi connectivity index (χ0v) is 36.0. The third-order valence-corrected chi connectivity index (χ3v) is 12.6. The summed E-state index contributed by atoms with van der Waals surface area (Å²) in [6.07, 6.45) is 0. The van der Waals surface area contributed by atoms with Crippen molar-refractivity contribution >= 4 is 70.5 Å². The number of hydrogen-bond donors (Lipinski definition) is 0. The van der Waals surface area contributed by atoms with Gasteiger partial charge in [0.2, 0.25) is 0 Å². The van der Waals surface area contributed by atoms with Crippen LogP contribution in [-0.2, 0) is 21.7 Å². The van der Waals surface area contributed by atoms with Crippen LogP contribution in [0.25, 0.3) is 0 Å². The molecule has 0 spiro atoms. The third kappa shape index (κ3) is 6.30. The minimum absolute atomic E-state index is 0.00273. The minimum atomic E-state index is -0.130. The summed E-state index contributed by atoms with van der Waals surface area (Å²) in [5.41, 5.74) is 20.8. The summed E-state index contributed by atoms with van der Waals surface area (Å²) in [4.78, 5) is 5.14. The van der Waals surface area contributed by atoms with E-state index in [9.17, 15) is 0 Å². The monoisotopic (exact) mass is 732 g/mol. The molecule has 0 aromatic heterocycles. The zero-order chi connectivity index (χ0) is 40.1. The van der Waals surface area contributed by atoms with Crippen molar-refractivity contribution < 1.29 is 0 Å². The van der Waals surface area contributed by atoms with Gasteiger partial charge >= 0.3 is 0 Å². The Balaban J connectivity index is 1.42. The topological polar surface area (TPSA) is 6.48 Å². The summed E-state index contributed by atoms with van der Waals surface area (Å²) in [5.74, 6) is 0. The summed E-state index contributed by atoms with van der Waals surface area (Å²) in [5, 5.41) is 0. The number of rotatable bonds is 4. The Labute approximate surface area is 338 Å². The number of nitrogens with zero attached hydrogens (tertiary/aromatic N) is 2. The Morgan fingerprint density at radius 1 is 0.429 bits per heavy atom. The van der Waals surface area contributed by atoms with E-state index in [0.717, 1.165) is 0 Å². The molecule has 0 N–H and O–H groups in total. The molecule has 4 heteroatoms. The molecular weight excluding hydrogens is 674 g/mol. The number of benzene rings is 6. The summed E-state index contributed by atoms with van der Waals surface area (Å²) in [6.45, 7) is 27.9. The Morgan fingerprint density at radius 3 is 1.57 bits per heavy atom. The van der Waals surface area contributed by atoms with E-state index in [1.54, 1.807) is 0 Å². The SMILES string of the molecule is Bc1cc(C(C)(C)c2ccccc2)ccc1N1c2cc(C(C)(C)C)ccc2B2c3cc(C(C)(C)C)ccc3N(c3ccc(C(C)(C)C)cc3)c3cc(C)cc1c32. The molecule has 6 aromatic carbocycles. The van der Waals surface area contributed by atoms with Crippen molar-refractivity contribution in [2.24, 2.45) is 0 Å². The van der Waals surface area contributed by atoms with Crippen molar-refractivity contribution in [2.75, 3.05) is 9.80 Å². The quantitative estimate of drug-likeness (QED) is 0.166. The van der Waals surface area contributed by atoms with E-state index in [1.807, 2.05) is 0 Å². The molecule has 8 rings (SSSR count). The van der Waals surface area contributed by atoms with E-state index in [1.165, 1.54) is 89.4 Å². The Morgan fingerprint density at radius 2 is 0.964 bits per heavy atom. The van der Waals surface area contributed by atoms with Crippen LogP contribution in [0.15, 0.2) is 121 Å². The van der Waals surface area contributed by atoms with Crippen LogP contribution >= 0.6 is 0 Å². The molecule has 0 radical (unpaired) electrons. The van der Waals surface area contributed by atoms with E-state index >= 15 is 0 Å². The van der Waals surface area contributed by atoms with Gasteiger partial charge < -0.3 is 9.80 Å². The van der Waals surface area contributed by atoms with Crippen molar-refractivity contribution in [2.45, 2.75) is 105 Å². The lowest BCUT2D eigenvalue weighted by atomic mass is 9.33. The molecule has 282 valence electrons. The Bertz CT molecular complexity index is 2470. The molecule has 56 heavy (non-hydrogen) atoms. The normalized spacial score (nSPS) is 14.0. The zero-order valence-electron chi connectivity index (χ0n) is 36.0. The molecule has 2 heterocycles. The van der Waals surface area contributed by atoms with Gasteiger partial charge in [-0.2, -0.15) is 0 Å². The molecule has 0 saturated heterocycles. The number of anilines is 6. The minimum Gasteiger partial charge on any atom is -0.312 e. The second kappa shape index (κ2) is 13.1. The fourth-order valence-electron chi connectivity index (χ4n) is 9.03. The predicted octanol–water partition coefficient (Wildman–Crippen LogP) is 10.6. The molecule has 0 aliphatic carbocycles. The lowest BCUT2D eigenvalue weighted by molar-refractivity contribution is 0.590. The molecule has 0 saturated carbocycles. The largest absolute Gasteiger partial charge is 0.312 e. The molecular formula is C52H58B2N2. The van der Waals surface area contributed by atoms with Gasteiger partial charge in [-0.3, -0.25) is 0 Å². The van der Waals surface area contributed by atoms with Crippen molar-refractivity contribution in [3.63, 3.8) is 0 Å². The van der Waals surface area contributed by atoms with Crippen LogP contribution in [0.4, 0.5) is 34.1 Å². The molecule has 0 unspecified atom stereocenters. The first-order valence-electron chi connectivity index (χ1n) is 20.6. The standard InChI is InChI=1S/C52H58B2N2/c1-33-28-46-48-47(29-33)56(43-26-22-38(30-40(43)53)52(11,12)35-16-14-13-15-17-35)45-32-37(51(8,9)10)20-25-41(45)54(48)42-31-36(50(5,6)7)21-27-44(42)55(46)39-23-18-34(19-24-39)49(2,3)4/h13-32H,53H2,1-12H3. The van der Waals surface area contributed by atoms with Gasteiger partial charge in [0.15, 0.2) is 0 Å². The summed E-state index contributed by atoms with van der Waals surface area (Å²) in [6, 6.07) is 46.9. The van der Waals surface area contributed by atoms with Gasteiger partial charge in [-0.1, -0.05) is 160 Å². The van der Waals surface area contributed by atoms with Gasteiger partial charge in [0, 0.05) is 39.5 Å². The van der Waals surface area contributed by atoms with Gasteiger partial charge in [0.25, 0.3) is 6.71 Å². The maximum Gasteiger partial charge on any atom is 0.252 e. The Kier molecular flexibility index (Phi) is 8.84. The van der Waals surface area contributed by atoms with Crippen LogP contribution in [0.2, 0.25) is 0 Å². The lowest BCUT2D eigenvalue weighted by Crippen LogP contribution is -2.61. The highest BCUT2D eigenvalue weighted by atomic mass is 15.2. The van der Waals surface area contributed by atoms with Crippen molar-refractivity contribution in [1.29, 1.82) is 0 Å². The number of hydrogen-bond acceptors (Lipinski definition) is 2. The first-order chi connectivity index (χ1) is 26.2. The van der Waals surface area contributed by atoms with Gasteiger partial charge in [-0.25, -0.2) is 0 Å². The van der Waals surface area contributed by atoms with Gasteiger partial charge in [-0.15, -0.1) is 0 Å². The second-order valence-electron chi connectivity index (χ2n) is 20.2. The summed E-state index contributed by atoms with van der Waals surface area (Å²) in [7, 11) is 2.30. The Hall–Kier alpha value is -4.95. The number of fused-ring (bicyclic) bond motifs is 4. The molecule has 0 atom stereocenters. The van der Waals surface area contributed by atoms with Crippen molar-refractivity contribution in [1.82, 2.24) is 0 Å². The maximum atomic E-state index is 2.60. The fraction of sp³-hybridized carbons (Fsp3) is 0.308. The van der Waals surface area contributed by atoms with Crippen LogP contribution in [-0.4, -0.2) is 14.6 Å². The van der Waals surface area contributed by atoms with Crippen LogP contribution in [0.5, 0.6) is 0 Å². The second-order valence-corrected chi connectivity index (χ2v) is 20.2. The van der Waals surface area contributed by atoms with Crippen LogP contribution < -0.4 is 31.7 Å². The summed E-state index contributed by atoms with van der Waals surface area (Å²) < 4.78 is 0. The molecule has 0 fully saturated rings. The van der Waals surface area contributed by atoms with Gasteiger partial charge in [-0.05, 0) is 115 Å². The highest BCUT2D eigenvalue weighted by molar-refractivity contribution is 7.00. The smallest absolute Gasteiger partial charge is 0.252 e. The van der Waals surface area contributed by atoms with Gasteiger partial charge in [0.05, 0.1) is 0 Å². The van der Waals surface area contributed by atoms with Crippen LogP contribution in [0.3, 0.4) is 0 Å². The van der Waals surface area contributed by atoms with Crippen molar-refractivity contribution in [3.05, 3.63) is 155 Å². The molecule has 6 aromatic rings. The van der Waals surface area contributed by atoms with E-state index < -0.39 is 0 Å². The molecule has 2 nitrogen and oxygen atoms in total. The average Bonchev–Trinajstić information content (AvgIpc) is 3.13. The first-order valence-corrected chi connectivity index (χ1v) is 20.6.